The maximum atomic E-state index is 11.7. The van der Waals surface area contributed by atoms with Crippen LogP contribution in [0.5, 0.6) is 5.75 Å². The highest BCUT2D eigenvalue weighted by molar-refractivity contribution is 5.83. The van der Waals surface area contributed by atoms with Gasteiger partial charge in [-0.1, -0.05) is 30.3 Å². The molecule has 7 heteroatoms. The average molecular weight is 387 g/mol. The lowest BCUT2D eigenvalue weighted by Crippen LogP contribution is -2.69. The molecule has 2 saturated heterocycles. The van der Waals surface area contributed by atoms with Crippen molar-refractivity contribution in [2.24, 2.45) is 0 Å². The first-order valence-corrected chi connectivity index (χ1v) is 9.40. The van der Waals surface area contributed by atoms with Gasteiger partial charge in [-0.05, 0) is 36.8 Å². The standard InChI is InChI=1S/C21H25NO6/c1-12(23)22-17-18(24)19-16(11-25-21(2,3)28-19)27-20(17)26-15-9-8-13-6-4-5-7-14(13)10-15/h4-10,16-20,24H,11H2,1-3H3,(H,22,23)/t16-,17+,18+,19+,20+/m1/s1. The highest BCUT2D eigenvalue weighted by Crippen LogP contribution is 2.33. The number of aliphatic hydroxyl groups excluding tert-OH is 1. The largest absolute Gasteiger partial charge is 0.463 e. The first kappa shape index (κ1) is 19.1. The predicted molar refractivity (Wildman–Crippen MR) is 102 cm³/mol. The van der Waals surface area contributed by atoms with E-state index in [4.69, 9.17) is 18.9 Å². The lowest BCUT2D eigenvalue weighted by Gasteiger charge is -2.49. The van der Waals surface area contributed by atoms with Crippen LogP contribution < -0.4 is 10.1 Å². The molecule has 0 saturated carbocycles. The second-order valence-electron chi connectivity index (χ2n) is 7.68. The Morgan fingerprint density at radius 3 is 2.71 bits per heavy atom. The average Bonchev–Trinajstić information content (AvgIpc) is 2.65. The van der Waals surface area contributed by atoms with Crippen LogP contribution in [0.2, 0.25) is 0 Å². The van der Waals surface area contributed by atoms with Gasteiger partial charge in [-0.2, -0.15) is 0 Å². The zero-order valence-electron chi connectivity index (χ0n) is 16.1. The molecule has 0 spiro atoms. The van der Waals surface area contributed by atoms with Crippen LogP contribution in [-0.4, -0.2) is 54.1 Å². The van der Waals surface area contributed by atoms with Crippen molar-refractivity contribution in [2.45, 2.75) is 57.2 Å². The van der Waals surface area contributed by atoms with Crippen molar-refractivity contribution in [1.29, 1.82) is 0 Å². The van der Waals surface area contributed by atoms with Crippen LogP contribution in [-0.2, 0) is 19.0 Å². The van der Waals surface area contributed by atoms with Crippen molar-refractivity contribution in [1.82, 2.24) is 5.32 Å². The van der Waals surface area contributed by atoms with Crippen molar-refractivity contribution in [3.05, 3.63) is 42.5 Å². The van der Waals surface area contributed by atoms with E-state index in [-0.39, 0.29) is 12.5 Å². The Morgan fingerprint density at radius 1 is 1.21 bits per heavy atom. The van der Waals surface area contributed by atoms with Gasteiger partial charge in [0.1, 0.15) is 30.1 Å². The van der Waals surface area contributed by atoms with Crippen molar-refractivity contribution < 1.29 is 28.8 Å². The van der Waals surface area contributed by atoms with Crippen LogP contribution in [0.4, 0.5) is 0 Å². The monoisotopic (exact) mass is 387 g/mol. The SMILES string of the molecule is CC(=O)N[C@@H]1[C@@H](Oc2ccc3ccccc3c2)O[C@@H]2COC(C)(C)O[C@@H]2[C@H]1O. The summed E-state index contributed by atoms with van der Waals surface area (Å²) in [6.45, 7) is 5.21. The molecule has 2 heterocycles. The molecule has 2 aliphatic heterocycles. The van der Waals surface area contributed by atoms with E-state index in [1.165, 1.54) is 6.92 Å². The summed E-state index contributed by atoms with van der Waals surface area (Å²) in [4.78, 5) is 11.7. The molecular weight excluding hydrogens is 362 g/mol. The molecule has 2 aliphatic rings. The summed E-state index contributed by atoms with van der Waals surface area (Å²) in [7, 11) is 0. The summed E-state index contributed by atoms with van der Waals surface area (Å²) in [5, 5.41) is 15.8. The van der Waals surface area contributed by atoms with Crippen LogP contribution in [0, 0.1) is 0 Å². The molecule has 0 unspecified atom stereocenters. The van der Waals surface area contributed by atoms with Crippen molar-refractivity contribution in [3.8, 4) is 5.75 Å². The van der Waals surface area contributed by atoms with Gasteiger partial charge in [0.15, 0.2) is 5.79 Å². The maximum absolute atomic E-state index is 11.7. The fourth-order valence-corrected chi connectivity index (χ4v) is 3.71. The predicted octanol–water partition coefficient (Wildman–Crippen LogP) is 1.96. The Kier molecular flexibility index (Phi) is 5.01. The number of rotatable bonds is 3. The van der Waals surface area contributed by atoms with Gasteiger partial charge in [0.2, 0.25) is 12.2 Å². The number of fused-ring (bicyclic) bond motifs is 2. The number of hydrogen-bond acceptors (Lipinski definition) is 6. The highest BCUT2D eigenvalue weighted by atomic mass is 16.8. The lowest BCUT2D eigenvalue weighted by molar-refractivity contribution is -0.361. The molecule has 2 N–H and O–H groups in total. The Bertz CT molecular complexity index is 869. The normalized spacial score (nSPS) is 31.8. The Labute approximate surface area is 163 Å². The molecule has 2 fully saturated rings. The van der Waals surface area contributed by atoms with Gasteiger partial charge >= 0.3 is 0 Å². The summed E-state index contributed by atoms with van der Waals surface area (Å²) in [6, 6.07) is 12.9. The zero-order chi connectivity index (χ0) is 19.9. The summed E-state index contributed by atoms with van der Waals surface area (Å²) in [5.74, 6) is -0.537. The molecule has 150 valence electrons. The Morgan fingerprint density at radius 2 is 1.96 bits per heavy atom. The van der Waals surface area contributed by atoms with Gasteiger partial charge in [0.25, 0.3) is 0 Å². The van der Waals surface area contributed by atoms with Crippen molar-refractivity contribution in [2.75, 3.05) is 6.61 Å². The highest BCUT2D eigenvalue weighted by Gasteiger charge is 2.52. The van der Waals surface area contributed by atoms with Gasteiger partial charge in [0, 0.05) is 6.92 Å². The van der Waals surface area contributed by atoms with E-state index in [2.05, 4.69) is 5.32 Å². The van der Waals surface area contributed by atoms with Crippen molar-refractivity contribution in [3.63, 3.8) is 0 Å². The van der Waals surface area contributed by atoms with Gasteiger partial charge in [-0.15, -0.1) is 0 Å². The molecule has 1 amide bonds. The van der Waals surface area contributed by atoms with Gasteiger partial charge in [0.05, 0.1) is 6.61 Å². The number of nitrogens with one attached hydrogen (secondary N) is 1. The van der Waals surface area contributed by atoms with E-state index in [0.29, 0.717) is 5.75 Å². The first-order valence-electron chi connectivity index (χ1n) is 9.40. The topological polar surface area (TPSA) is 86.3 Å². The minimum Gasteiger partial charge on any atom is -0.463 e. The van der Waals surface area contributed by atoms with Crippen LogP contribution in [0.1, 0.15) is 20.8 Å². The molecule has 4 rings (SSSR count). The van der Waals surface area contributed by atoms with Crippen LogP contribution >= 0.6 is 0 Å². The third kappa shape index (κ3) is 3.84. The number of benzene rings is 2. The van der Waals surface area contributed by atoms with E-state index < -0.39 is 36.4 Å². The van der Waals surface area contributed by atoms with E-state index >= 15 is 0 Å². The molecule has 0 radical (unpaired) electrons. The number of amides is 1. The summed E-state index contributed by atoms with van der Waals surface area (Å²) in [5.41, 5.74) is 0. The molecule has 2 aromatic rings. The van der Waals surface area contributed by atoms with Crippen LogP contribution in [0.15, 0.2) is 42.5 Å². The third-order valence-electron chi connectivity index (χ3n) is 5.03. The minimum atomic E-state index is -1.00. The van der Waals surface area contributed by atoms with E-state index in [9.17, 15) is 9.90 Å². The summed E-state index contributed by atoms with van der Waals surface area (Å²) < 4.78 is 23.6. The quantitative estimate of drug-likeness (QED) is 0.837. The molecule has 0 aliphatic carbocycles. The Hall–Kier alpha value is -2.19. The molecule has 2 aromatic carbocycles. The molecule has 28 heavy (non-hydrogen) atoms. The summed E-state index contributed by atoms with van der Waals surface area (Å²) in [6.07, 6.45) is -3.01. The fourth-order valence-electron chi connectivity index (χ4n) is 3.71. The Balaban J connectivity index is 1.59. The third-order valence-corrected chi connectivity index (χ3v) is 5.03. The molecule has 0 bridgehead atoms. The smallest absolute Gasteiger partial charge is 0.223 e. The van der Waals surface area contributed by atoms with Gasteiger partial charge in [-0.25, -0.2) is 0 Å². The molecule has 5 atom stereocenters. The lowest BCUT2D eigenvalue weighted by atomic mass is 9.95. The van der Waals surface area contributed by atoms with Gasteiger partial charge < -0.3 is 29.4 Å². The zero-order valence-corrected chi connectivity index (χ0v) is 16.1. The number of hydrogen-bond donors (Lipinski definition) is 2. The van der Waals surface area contributed by atoms with E-state index in [1.54, 1.807) is 13.8 Å². The summed E-state index contributed by atoms with van der Waals surface area (Å²) >= 11 is 0. The second kappa shape index (κ2) is 7.33. The molecule has 0 aromatic heterocycles. The van der Waals surface area contributed by atoms with Crippen LogP contribution in [0.25, 0.3) is 10.8 Å². The van der Waals surface area contributed by atoms with Gasteiger partial charge in [-0.3, -0.25) is 4.79 Å². The number of aliphatic hydroxyl groups is 1. The molecule has 7 nitrogen and oxygen atoms in total. The second-order valence-corrected chi connectivity index (χ2v) is 7.68. The van der Waals surface area contributed by atoms with Crippen molar-refractivity contribution >= 4 is 16.7 Å². The number of carbonyl (C=O) groups is 1. The minimum absolute atomic E-state index is 0.263. The van der Waals surface area contributed by atoms with E-state index in [1.807, 2.05) is 42.5 Å². The maximum Gasteiger partial charge on any atom is 0.223 e. The fraction of sp³-hybridized carbons (Fsp3) is 0.476. The number of ether oxygens (including phenoxy) is 4. The first-order chi connectivity index (χ1) is 13.3. The molecular formula is C21H25NO6. The number of carbonyl (C=O) groups excluding carboxylic acids is 1. The van der Waals surface area contributed by atoms with E-state index in [0.717, 1.165) is 10.8 Å². The van der Waals surface area contributed by atoms with Crippen LogP contribution in [0.3, 0.4) is 0 Å².